The molecule has 1 amide bonds. The Balaban J connectivity index is 1.60. The summed E-state index contributed by atoms with van der Waals surface area (Å²) in [4.78, 5) is 14.6. The van der Waals surface area contributed by atoms with Crippen LogP contribution in [0.25, 0.3) is 6.08 Å². The number of hydrogen-bond donors (Lipinski definition) is 1. The number of benzene rings is 3. The molecule has 3 aromatic rings. The van der Waals surface area contributed by atoms with Gasteiger partial charge in [-0.25, -0.2) is 0 Å². The topological polar surface area (TPSA) is 65.3 Å². The van der Waals surface area contributed by atoms with Gasteiger partial charge in [0, 0.05) is 10.6 Å². The van der Waals surface area contributed by atoms with Gasteiger partial charge in [-0.1, -0.05) is 47.7 Å². The maximum atomic E-state index is 12.9. The summed E-state index contributed by atoms with van der Waals surface area (Å²) in [6.45, 7) is 0. The summed E-state index contributed by atoms with van der Waals surface area (Å²) < 4.78 is 38.9. The van der Waals surface area contributed by atoms with E-state index in [2.05, 4.69) is 10.2 Å². The van der Waals surface area contributed by atoms with E-state index in [1.54, 1.807) is 24.3 Å². The van der Waals surface area contributed by atoms with Crippen LogP contribution in [0.15, 0.2) is 81.9 Å². The largest absolute Gasteiger partial charge is 0.507 e. The van der Waals surface area contributed by atoms with E-state index in [0.29, 0.717) is 15.0 Å². The van der Waals surface area contributed by atoms with E-state index in [1.807, 2.05) is 0 Å². The third-order valence-electron chi connectivity index (χ3n) is 4.61. The smallest absolute Gasteiger partial charge is 0.416 e. The fraction of sp³-hybridized carbons (Fsp3) is 0.0435. The first-order chi connectivity index (χ1) is 16.1. The Kier molecular flexibility index (Phi) is 6.74. The van der Waals surface area contributed by atoms with Gasteiger partial charge in [0.1, 0.15) is 5.75 Å². The quantitative estimate of drug-likeness (QED) is 0.216. The number of thiocarbonyl (C=S) groups is 1. The summed E-state index contributed by atoms with van der Waals surface area (Å²) in [5, 5.41) is 18.5. The number of carbonyl (C=O) groups excluding carboxylic acids is 1. The van der Waals surface area contributed by atoms with Gasteiger partial charge in [-0.15, -0.1) is 0 Å². The normalized spacial score (nSPS) is 15.6. The number of azo groups is 1. The molecule has 172 valence electrons. The number of thioether (sulfide) groups is 1. The van der Waals surface area contributed by atoms with E-state index in [9.17, 15) is 23.1 Å². The number of nitrogens with zero attached hydrogens (tertiary/aromatic N) is 3. The minimum Gasteiger partial charge on any atom is -0.507 e. The van der Waals surface area contributed by atoms with Crippen molar-refractivity contribution in [3.05, 3.63) is 87.8 Å². The lowest BCUT2D eigenvalue weighted by molar-refractivity contribution is -0.137. The molecule has 0 atom stereocenters. The molecule has 0 aromatic heterocycles. The number of amides is 1. The number of anilines is 1. The Morgan fingerprint density at radius 1 is 1.00 bits per heavy atom. The van der Waals surface area contributed by atoms with Crippen LogP contribution in [0.2, 0.25) is 5.02 Å². The van der Waals surface area contributed by atoms with E-state index >= 15 is 0 Å². The number of aromatic hydroxyl groups is 1. The Bertz CT molecular complexity index is 1360. The van der Waals surface area contributed by atoms with Crippen LogP contribution in [0.3, 0.4) is 0 Å². The number of carbonyl (C=O) groups is 1. The maximum absolute atomic E-state index is 12.9. The number of halogens is 4. The molecule has 0 unspecified atom stereocenters. The molecular weight excluding hydrogens is 507 g/mol. The molecule has 0 saturated carbocycles. The van der Waals surface area contributed by atoms with Crippen molar-refractivity contribution in [3.63, 3.8) is 0 Å². The second-order valence-corrected chi connectivity index (χ2v) is 9.10. The Labute approximate surface area is 206 Å². The standard InChI is InChI=1S/C23H13ClF3N3O2S2/c24-15-4-2-6-18(12-15)30-21(32)20(34-22(30)33)10-13-9-17(7-8-19(13)31)29-28-16-5-1-3-14(11-16)23(25,26)27/h1-12,31H/b20-10-,29-28?. The number of rotatable bonds is 4. The van der Waals surface area contributed by atoms with Gasteiger partial charge < -0.3 is 5.11 Å². The highest BCUT2D eigenvalue weighted by Gasteiger charge is 2.33. The molecule has 1 saturated heterocycles. The molecule has 34 heavy (non-hydrogen) atoms. The molecular formula is C23H13ClF3N3O2S2. The van der Waals surface area contributed by atoms with Gasteiger partial charge >= 0.3 is 6.18 Å². The fourth-order valence-electron chi connectivity index (χ4n) is 3.03. The molecule has 5 nitrogen and oxygen atoms in total. The summed E-state index contributed by atoms with van der Waals surface area (Å²) >= 11 is 12.4. The molecule has 1 aliphatic rings. The van der Waals surface area contributed by atoms with Crippen LogP contribution >= 0.6 is 35.6 Å². The zero-order valence-electron chi connectivity index (χ0n) is 17.0. The predicted molar refractivity (Wildman–Crippen MR) is 131 cm³/mol. The average Bonchev–Trinajstić information content (AvgIpc) is 3.06. The molecule has 0 radical (unpaired) electrons. The van der Waals surface area contributed by atoms with Crippen molar-refractivity contribution in [1.82, 2.24) is 0 Å². The zero-order chi connectivity index (χ0) is 24.5. The van der Waals surface area contributed by atoms with Gasteiger partial charge in [0.2, 0.25) is 0 Å². The first-order valence-electron chi connectivity index (χ1n) is 9.57. The highest BCUT2D eigenvalue weighted by molar-refractivity contribution is 8.27. The van der Waals surface area contributed by atoms with Gasteiger partial charge in [0.25, 0.3) is 5.91 Å². The third-order valence-corrected chi connectivity index (χ3v) is 6.15. The molecule has 1 aliphatic heterocycles. The predicted octanol–water partition coefficient (Wildman–Crippen LogP) is 7.89. The lowest BCUT2D eigenvalue weighted by atomic mass is 10.1. The highest BCUT2D eigenvalue weighted by atomic mass is 35.5. The second-order valence-electron chi connectivity index (χ2n) is 6.99. The highest BCUT2D eigenvalue weighted by Crippen LogP contribution is 2.38. The summed E-state index contributed by atoms with van der Waals surface area (Å²) in [6, 6.07) is 15.4. The maximum Gasteiger partial charge on any atom is 0.416 e. The van der Waals surface area contributed by atoms with Gasteiger partial charge in [-0.2, -0.15) is 23.4 Å². The van der Waals surface area contributed by atoms with Gasteiger partial charge in [0.05, 0.1) is 27.5 Å². The van der Waals surface area contributed by atoms with Crippen molar-refractivity contribution in [3.8, 4) is 5.75 Å². The summed E-state index contributed by atoms with van der Waals surface area (Å²) in [7, 11) is 0. The van der Waals surface area contributed by atoms with Crippen molar-refractivity contribution in [1.29, 1.82) is 0 Å². The number of phenols is 1. The van der Waals surface area contributed by atoms with Crippen LogP contribution < -0.4 is 4.90 Å². The number of phenolic OH excluding ortho intramolecular Hbond substituents is 1. The fourth-order valence-corrected chi connectivity index (χ4v) is 4.50. The van der Waals surface area contributed by atoms with Gasteiger partial charge in [-0.05, 0) is 60.7 Å². The van der Waals surface area contributed by atoms with Crippen LogP contribution in [-0.4, -0.2) is 15.3 Å². The SMILES string of the molecule is O=C1/C(=C/c2cc(N=Nc3cccc(C(F)(F)F)c3)ccc2O)SC(=S)N1c1cccc(Cl)c1. The van der Waals surface area contributed by atoms with Gasteiger partial charge in [0.15, 0.2) is 4.32 Å². The van der Waals surface area contributed by atoms with E-state index < -0.39 is 11.7 Å². The molecule has 1 heterocycles. The van der Waals surface area contributed by atoms with Gasteiger partial charge in [-0.3, -0.25) is 9.69 Å². The third kappa shape index (κ3) is 5.30. The van der Waals surface area contributed by atoms with Crippen molar-refractivity contribution in [2.45, 2.75) is 6.18 Å². The summed E-state index contributed by atoms with van der Waals surface area (Å²) in [5.74, 6) is -0.501. The van der Waals surface area contributed by atoms with Crippen molar-refractivity contribution < 1.29 is 23.1 Å². The van der Waals surface area contributed by atoms with E-state index in [0.717, 1.165) is 23.9 Å². The second kappa shape index (κ2) is 9.57. The van der Waals surface area contributed by atoms with Crippen molar-refractivity contribution in [2.24, 2.45) is 10.2 Å². The molecule has 3 aromatic carbocycles. The zero-order valence-corrected chi connectivity index (χ0v) is 19.3. The monoisotopic (exact) mass is 519 g/mol. The van der Waals surface area contributed by atoms with Crippen LogP contribution in [0.4, 0.5) is 30.2 Å². The number of alkyl halides is 3. The van der Waals surface area contributed by atoms with E-state index in [4.69, 9.17) is 23.8 Å². The molecule has 0 aliphatic carbocycles. The van der Waals surface area contributed by atoms with E-state index in [-0.39, 0.29) is 33.5 Å². The summed E-state index contributed by atoms with van der Waals surface area (Å²) in [6.07, 6.45) is -3.03. The van der Waals surface area contributed by atoms with Crippen LogP contribution in [0.1, 0.15) is 11.1 Å². The molecule has 1 N–H and O–H groups in total. The Hall–Kier alpha value is -3.21. The van der Waals surface area contributed by atoms with Crippen molar-refractivity contribution >= 4 is 68.9 Å². The first kappa shape index (κ1) is 23.9. The van der Waals surface area contributed by atoms with Crippen LogP contribution in [0, 0.1) is 0 Å². The minimum absolute atomic E-state index is 0.0202. The molecule has 4 rings (SSSR count). The summed E-state index contributed by atoms with van der Waals surface area (Å²) in [5.41, 5.74) is 0.244. The van der Waals surface area contributed by atoms with Crippen molar-refractivity contribution in [2.75, 3.05) is 4.90 Å². The van der Waals surface area contributed by atoms with Crippen LogP contribution in [0.5, 0.6) is 5.75 Å². The first-order valence-corrected chi connectivity index (χ1v) is 11.2. The molecule has 0 spiro atoms. The Morgan fingerprint density at radius 3 is 2.41 bits per heavy atom. The average molecular weight is 520 g/mol. The lowest BCUT2D eigenvalue weighted by Crippen LogP contribution is -2.27. The minimum atomic E-state index is -4.49. The molecule has 0 bridgehead atoms. The van der Waals surface area contributed by atoms with Crippen LogP contribution in [-0.2, 0) is 11.0 Å². The lowest BCUT2D eigenvalue weighted by Gasteiger charge is -2.14. The number of hydrogen-bond acceptors (Lipinski definition) is 6. The molecule has 11 heteroatoms. The molecule has 1 fully saturated rings. The van der Waals surface area contributed by atoms with E-state index in [1.165, 1.54) is 41.3 Å². The Morgan fingerprint density at radius 2 is 1.71 bits per heavy atom.